The molecule has 23 heavy (non-hydrogen) atoms. The highest BCUT2D eigenvalue weighted by Crippen LogP contribution is 2.29. The summed E-state index contributed by atoms with van der Waals surface area (Å²) in [7, 11) is -3.89. The van der Waals surface area contributed by atoms with Gasteiger partial charge in [0.15, 0.2) is 0 Å². The maximum absolute atomic E-state index is 12.8. The summed E-state index contributed by atoms with van der Waals surface area (Å²) < 4.78 is 32.6. The molecule has 0 aliphatic rings. The number of nitrogens with zero attached hydrogens (tertiary/aromatic N) is 3. The van der Waals surface area contributed by atoms with E-state index in [9.17, 15) is 8.42 Å². The highest BCUT2D eigenvalue weighted by atomic mass is 79.9. The molecule has 0 radical (unpaired) electrons. The molecule has 0 aliphatic carbocycles. The number of rotatable bonds is 4. The van der Waals surface area contributed by atoms with Crippen LogP contribution in [0.3, 0.4) is 0 Å². The number of hydrogen-bond acceptors (Lipinski definition) is 5. The van der Waals surface area contributed by atoms with Gasteiger partial charge in [0.05, 0.1) is 16.0 Å². The maximum atomic E-state index is 12.8. The van der Waals surface area contributed by atoms with Gasteiger partial charge >= 0.3 is 0 Å². The zero-order valence-corrected chi connectivity index (χ0v) is 15.1. The molecule has 0 spiro atoms. The maximum Gasteiger partial charge on any atom is 0.285 e. The second-order valence-electron chi connectivity index (χ2n) is 4.60. The van der Waals surface area contributed by atoms with Gasteiger partial charge in [-0.3, -0.25) is 0 Å². The second kappa shape index (κ2) is 6.10. The van der Waals surface area contributed by atoms with Crippen molar-refractivity contribution in [3.63, 3.8) is 0 Å². The van der Waals surface area contributed by atoms with Crippen LogP contribution in [-0.4, -0.2) is 29.4 Å². The Kier molecular flexibility index (Phi) is 4.31. The van der Waals surface area contributed by atoms with Crippen LogP contribution in [0.25, 0.3) is 11.0 Å². The van der Waals surface area contributed by atoms with Crippen molar-refractivity contribution in [1.29, 1.82) is 0 Å². The zero-order valence-electron chi connectivity index (χ0n) is 11.9. The van der Waals surface area contributed by atoms with Gasteiger partial charge in [-0.15, -0.1) is 9.19 Å². The van der Waals surface area contributed by atoms with E-state index in [1.165, 1.54) is 12.1 Å². The molecule has 0 bridgehead atoms. The average molecular weight is 417 g/mol. The molecule has 0 fully saturated rings. The minimum absolute atomic E-state index is 0.0610. The first-order valence-electron chi connectivity index (χ1n) is 6.62. The fraction of sp³-hybridized carbons (Fsp3) is 0.143. The van der Waals surface area contributed by atoms with Crippen LogP contribution in [0.5, 0.6) is 5.75 Å². The van der Waals surface area contributed by atoms with E-state index in [-0.39, 0.29) is 4.90 Å². The Morgan fingerprint density at radius 2 is 2.04 bits per heavy atom. The van der Waals surface area contributed by atoms with E-state index in [0.717, 1.165) is 4.09 Å². The van der Waals surface area contributed by atoms with Crippen LogP contribution in [0.4, 0.5) is 0 Å². The molecule has 0 amide bonds. The molecule has 3 aromatic rings. The summed E-state index contributed by atoms with van der Waals surface area (Å²) in [4.78, 5) is 0.0610. The fourth-order valence-electron chi connectivity index (χ4n) is 2.06. The van der Waals surface area contributed by atoms with Crippen LogP contribution in [0.2, 0.25) is 5.02 Å². The molecule has 1 heterocycles. The van der Waals surface area contributed by atoms with Gasteiger partial charge in [0.1, 0.15) is 16.8 Å². The summed E-state index contributed by atoms with van der Waals surface area (Å²) in [6.45, 7) is 2.25. The lowest BCUT2D eigenvalue weighted by Gasteiger charge is -2.09. The van der Waals surface area contributed by atoms with Gasteiger partial charge in [0.25, 0.3) is 10.0 Å². The third kappa shape index (κ3) is 2.93. The van der Waals surface area contributed by atoms with Crippen molar-refractivity contribution in [2.75, 3.05) is 6.61 Å². The Morgan fingerprint density at radius 3 is 2.78 bits per heavy atom. The molecule has 0 N–H and O–H groups in total. The molecule has 6 nitrogen and oxygen atoms in total. The van der Waals surface area contributed by atoms with Gasteiger partial charge in [0.2, 0.25) is 0 Å². The van der Waals surface area contributed by atoms with Crippen LogP contribution in [-0.2, 0) is 10.0 Å². The SMILES string of the molecule is CCOc1cc(S(=O)(=O)n2nnc3cc(Cl)ccc32)ccc1Br. The predicted octanol–water partition coefficient (Wildman–Crippen LogP) is 3.48. The van der Waals surface area contributed by atoms with Crippen LogP contribution < -0.4 is 4.74 Å². The minimum atomic E-state index is -3.89. The van der Waals surface area contributed by atoms with Gasteiger partial charge in [-0.1, -0.05) is 16.8 Å². The van der Waals surface area contributed by atoms with E-state index >= 15 is 0 Å². The normalized spacial score (nSPS) is 11.8. The predicted molar refractivity (Wildman–Crippen MR) is 90.4 cm³/mol. The Balaban J connectivity index is 2.15. The van der Waals surface area contributed by atoms with E-state index < -0.39 is 10.0 Å². The van der Waals surface area contributed by atoms with Crippen LogP contribution in [0, 0.1) is 0 Å². The lowest BCUT2D eigenvalue weighted by molar-refractivity contribution is 0.337. The molecule has 0 unspecified atom stereocenters. The molecule has 9 heteroatoms. The van der Waals surface area contributed by atoms with E-state index in [1.807, 2.05) is 6.92 Å². The second-order valence-corrected chi connectivity index (χ2v) is 7.65. The Hall–Kier alpha value is -1.64. The zero-order chi connectivity index (χ0) is 16.6. The van der Waals surface area contributed by atoms with E-state index in [2.05, 4.69) is 26.2 Å². The lowest BCUT2D eigenvalue weighted by Crippen LogP contribution is -2.14. The first-order valence-corrected chi connectivity index (χ1v) is 9.23. The average Bonchev–Trinajstić information content (AvgIpc) is 2.93. The van der Waals surface area contributed by atoms with Crippen molar-refractivity contribution in [2.45, 2.75) is 11.8 Å². The summed E-state index contributed by atoms with van der Waals surface area (Å²) in [5.74, 6) is 0.445. The Morgan fingerprint density at radius 1 is 1.26 bits per heavy atom. The van der Waals surface area contributed by atoms with Gasteiger partial charge < -0.3 is 4.74 Å². The first kappa shape index (κ1) is 16.2. The van der Waals surface area contributed by atoms with Crippen molar-refractivity contribution in [1.82, 2.24) is 14.4 Å². The molecule has 2 aromatic carbocycles. The Bertz CT molecular complexity index is 988. The smallest absolute Gasteiger partial charge is 0.285 e. The molecular formula is C14H11BrClN3O3S. The monoisotopic (exact) mass is 415 g/mol. The number of hydrogen-bond donors (Lipinski definition) is 0. The number of benzene rings is 2. The molecule has 0 saturated heterocycles. The highest BCUT2D eigenvalue weighted by Gasteiger charge is 2.22. The van der Waals surface area contributed by atoms with Gasteiger partial charge in [-0.05, 0) is 53.2 Å². The summed E-state index contributed by atoms with van der Waals surface area (Å²) in [5.41, 5.74) is 0.762. The summed E-state index contributed by atoms with van der Waals surface area (Å²) >= 11 is 9.21. The van der Waals surface area contributed by atoms with Gasteiger partial charge in [-0.2, -0.15) is 8.42 Å². The number of ether oxygens (including phenoxy) is 1. The number of aromatic nitrogens is 3. The number of halogens is 2. The van der Waals surface area contributed by atoms with Crippen molar-refractivity contribution in [3.8, 4) is 5.75 Å². The third-order valence-electron chi connectivity index (χ3n) is 3.11. The van der Waals surface area contributed by atoms with Gasteiger partial charge in [0, 0.05) is 11.1 Å². The molecule has 3 rings (SSSR count). The van der Waals surface area contributed by atoms with Crippen molar-refractivity contribution in [2.24, 2.45) is 0 Å². The molecule has 0 atom stereocenters. The summed E-state index contributed by atoms with van der Waals surface area (Å²) in [6.07, 6.45) is 0. The van der Waals surface area contributed by atoms with E-state index in [4.69, 9.17) is 16.3 Å². The van der Waals surface area contributed by atoms with E-state index in [0.29, 0.717) is 32.9 Å². The topological polar surface area (TPSA) is 74.1 Å². The highest BCUT2D eigenvalue weighted by molar-refractivity contribution is 9.10. The minimum Gasteiger partial charge on any atom is -0.493 e. The summed E-state index contributed by atoms with van der Waals surface area (Å²) in [6, 6.07) is 9.26. The number of fused-ring (bicyclic) bond motifs is 1. The van der Waals surface area contributed by atoms with E-state index in [1.54, 1.807) is 24.3 Å². The fourth-order valence-corrected chi connectivity index (χ4v) is 3.83. The van der Waals surface area contributed by atoms with Crippen LogP contribution >= 0.6 is 27.5 Å². The molecular weight excluding hydrogens is 406 g/mol. The van der Waals surface area contributed by atoms with Crippen molar-refractivity contribution < 1.29 is 13.2 Å². The first-order chi connectivity index (χ1) is 10.9. The standard InChI is InChI=1S/C14H11BrClN3O3S/c1-2-22-14-8-10(4-5-11(14)15)23(20,21)19-13-6-3-9(16)7-12(13)17-18-19/h3-8H,2H2,1H3. The van der Waals surface area contributed by atoms with Gasteiger partial charge in [-0.25, -0.2) is 0 Å². The molecule has 1 aromatic heterocycles. The summed E-state index contributed by atoms with van der Waals surface area (Å²) in [5, 5.41) is 8.07. The van der Waals surface area contributed by atoms with Crippen molar-refractivity contribution >= 4 is 48.6 Å². The van der Waals surface area contributed by atoms with Crippen molar-refractivity contribution in [3.05, 3.63) is 45.9 Å². The molecule has 120 valence electrons. The van der Waals surface area contributed by atoms with Crippen LogP contribution in [0.15, 0.2) is 45.8 Å². The molecule has 0 saturated carbocycles. The largest absolute Gasteiger partial charge is 0.493 e. The quantitative estimate of drug-likeness (QED) is 0.651. The molecule has 0 aliphatic heterocycles. The lowest BCUT2D eigenvalue weighted by atomic mass is 10.3. The third-order valence-corrected chi connectivity index (χ3v) is 5.57. The van der Waals surface area contributed by atoms with Crippen LogP contribution in [0.1, 0.15) is 6.92 Å². The Labute approximate surface area is 146 Å².